The Hall–Kier alpha value is -2.43. The normalized spacial score (nSPS) is 13.6. The van der Waals surface area contributed by atoms with E-state index in [1.807, 2.05) is 0 Å². The van der Waals surface area contributed by atoms with Crippen LogP contribution in [0.1, 0.15) is 12.5 Å². The first-order valence-corrected chi connectivity index (χ1v) is 5.77. The molecule has 1 amide bonds. The van der Waals surface area contributed by atoms with E-state index in [-0.39, 0.29) is 5.69 Å². The molecular formula is C14H14FN3O. The minimum absolute atomic E-state index is 0.215. The molecule has 1 aromatic heterocycles. The zero-order chi connectivity index (χ0) is 13.9. The zero-order valence-corrected chi connectivity index (χ0v) is 10.4. The molecule has 1 aromatic carbocycles. The maximum absolute atomic E-state index is 13.7. The van der Waals surface area contributed by atoms with Crippen LogP contribution in [0.5, 0.6) is 0 Å². The van der Waals surface area contributed by atoms with Crippen LogP contribution in [0.3, 0.4) is 0 Å². The third-order valence-electron chi connectivity index (χ3n) is 2.99. The Bertz CT molecular complexity index is 588. The molecule has 0 fully saturated rings. The molecule has 0 spiro atoms. The first-order valence-electron chi connectivity index (χ1n) is 5.77. The molecule has 1 atom stereocenters. The SMILES string of the molecule is CC(Nc1ccccc1F)(C(N)=O)c1cccnc1. The van der Waals surface area contributed by atoms with E-state index in [0.29, 0.717) is 5.56 Å². The molecule has 98 valence electrons. The van der Waals surface area contributed by atoms with Crippen molar-refractivity contribution in [2.45, 2.75) is 12.5 Å². The lowest BCUT2D eigenvalue weighted by Gasteiger charge is -2.28. The summed E-state index contributed by atoms with van der Waals surface area (Å²) in [7, 11) is 0. The lowest BCUT2D eigenvalue weighted by Crippen LogP contribution is -2.45. The topological polar surface area (TPSA) is 68.0 Å². The number of aromatic nitrogens is 1. The van der Waals surface area contributed by atoms with Gasteiger partial charge in [0.1, 0.15) is 11.4 Å². The molecular weight excluding hydrogens is 245 g/mol. The monoisotopic (exact) mass is 259 g/mol. The van der Waals surface area contributed by atoms with Crippen molar-refractivity contribution in [3.05, 3.63) is 60.2 Å². The average Bonchev–Trinajstić information content (AvgIpc) is 2.42. The molecule has 0 bridgehead atoms. The molecule has 2 aromatic rings. The molecule has 0 radical (unpaired) electrons. The van der Waals surface area contributed by atoms with Gasteiger partial charge in [-0.15, -0.1) is 0 Å². The first kappa shape index (κ1) is 13.0. The van der Waals surface area contributed by atoms with Crippen LogP contribution in [0.25, 0.3) is 0 Å². The highest BCUT2D eigenvalue weighted by molar-refractivity contribution is 5.88. The maximum Gasteiger partial charge on any atom is 0.247 e. The molecule has 1 unspecified atom stereocenters. The number of nitrogens with zero attached hydrogens (tertiary/aromatic N) is 1. The molecule has 0 saturated carbocycles. The van der Waals surface area contributed by atoms with Gasteiger partial charge in [0.15, 0.2) is 0 Å². The van der Waals surface area contributed by atoms with Crippen molar-refractivity contribution in [3.63, 3.8) is 0 Å². The lowest BCUT2D eigenvalue weighted by atomic mass is 9.92. The Balaban J connectivity index is 2.42. The maximum atomic E-state index is 13.7. The van der Waals surface area contributed by atoms with Crippen molar-refractivity contribution < 1.29 is 9.18 Å². The third-order valence-corrected chi connectivity index (χ3v) is 2.99. The van der Waals surface area contributed by atoms with Crippen LogP contribution >= 0.6 is 0 Å². The highest BCUT2D eigenvalue weighted by Crippen LogP contribution is 2.26. The Morgan fingerprint density at radius 1 is 1.32 bits per heavy atom. The Kier molecular flexibility index (Phi) is 3.46. The van der Waals surface area contributed by atoms with Crippen molar-refractivity contribution in [2.75, 3.05) is 5.32 Å². The molecule has 5 heteroatoms. The summed E-state index contributed by atoms with van der Waals surface area (Å²) in [6.45, 7) is 1.60. The number of amides is 1. The van der Waals surface area contributed by atoms with Gasteiger partial charge in [0.25, 0.3) is 0 Å². The van der Waals surface area contributed by atoms with E-state index in [1.165, 1.54) is 12.3 Å². The number of anilines is 1. The van der Waals surface area contributed by atoms with Gasteiger partial charge in [0.05, 0.1) is 5.69 Å². The quantitative estimate of drug-likeness (QED) is 0.882. The number of pyridine rings is 1. The first-order chi connectivity index (χ1) is 9.04. The average molecular weight is 259 g/mol. The highest BCUT2D eigenvalue weighted by Gasteiger charge is 2.34. The summed E-state index contributed by atoms with van der Waals surface area (Å²) in [5, 5.41) is 2.85. The standard InChI is InChI=1S/C14H14FN3O/c1-14(13(16)19,10-5-4-8-17-9-10)18-12-7-3-2-6-11(12)15/h2-9,18H,1H3,(H2,16,19). The summed E-state index contributed by atoms with van der Waals surface area (Å²) in [4.78, 5) is 15.7. The third kappa shape index (κ3) is 2.54. The number of hydrogen-bond donors (Lipinski definition) is 2. The van der Waals surface area contributed by atoms with E-state index in [1.54, 1.807) is 43.5 Å². The van der Waals surface area contributed by atoms with Crippen LogP contribution < -0.4 is 11.1 Å². The van der Waals surface area contributed by atoms with Crippen molar-refractivity contribution in [2.24, 2.45) is 5.73 Å². The number of halogens is 1. The van der Waals surface area contributed by atoms with Gasteiger partial charge in [0, 0.05) is 18.0 Å². The number of benzene rings is 1. The summed E-state index contributed by atoms with van der Waals surface area (Å²) in [5.41, 5.74) is 5.01. The zero-order valence-electron chi connectivity index (χ0n) is 10.4. The smallest absolute Gasteiger partial charge is 0.247 e. The van der Waals surface area contributed by atoms with E-state index in [2.05, 4.69) is 10.3 Å². The number of nitrogens with two attached hydrogens (primary N) is 1. The molecule has 0 aliphatic carbocycles. The molecule has 3 N–H and O–H groups in total. The van der Waals surface area contributed by atoms with E-state index < -0.39 is 17.3 Å². The Morgan fingerprint density at radius 3 is 2.63 bits per heavy atom. The molecule has 2 rings (SSSR count). The van der Waals surface area contributed by atoms with E-state index >= 15 is 0 Å². The predicted octanol–water partition coefficient (Wildman–Crippen LogP) is 2.03. The van der Waals surface area contributed by atoms with Crippen LogP contribution in [0, 0.1) is 5.82 Å². The van der Waals surface area contributed by atoms with Crippen molar-refractivity contribution >= 4 is 11.6 Å². The van der Waals surface area contributed by atoms with Gasteiger partial charge in [-0.1, -0.05) is 18.2 Å². The number of rotatable bonds is 4. The number of carbonyl (C=O) groups excluding carboxylic acids is 1. The van der Waals surface area contributed by atoms with Crippen LogP contribution in [-0.4, -0.2) is 10.9 Å². The summed E-state index contributed by atoms with van der Waals surface area (Å²) in [6, 6.07) is 9.52. The highest BCUT2D eigenvalue weighted by atomic mass is 19.1. The fraction of sp³-hybridized carbons (Fsp3) is 0.143. The largest absolute Gasteiger partial charge is 0.367 e. The number of nitrogens with one attached hydrogen (secondary N) is 1. The lowest BCUT2D eigenvalue weighted by molar-refractivity contribution is -0.122. The fourth-order valence-corrected chi connectivity index (χ4v) is 1.77. The Morgan fingerprint density at radius 2 is 2.05 bits per heavy atom. The van der Waals surface area contributed by atoms with Gasteiger partial charge < -0.3 is 11.1 Å². The van der Waals surface area contributed by atoms with Gasteiger partial charge in [-0.25, -0.2) is 4.39 Å². The second-order valence-electron chi connectivity index (χ2n) is 4.34. The van der Waals surface area contributed by atoms with E-state index in [0.717, 1.165) is 0 Å². The van der Waals surface area contributed by atoms with Crippen LogP contribution in [0.4, 0.5) is 10.1 Å². The predicted molar refractivity (Wildman–Crippen MR) is 70.8 cm³/mol. The Labute approximate surface area is 110 Å². The van der Waals surface area contributed by atoms with E-state index in [9.17, 15) is 9.18 Å². The second-order valence-corrected chi connectivity index (χ2v) is 4.34. The van der Waals surface area contributed by atoms with Gasteiger partial charge in [0.2, 0.25) is 5.91 Å². The minimum Gasteiger partial charge on any atom is -0.367 e. The summed E-state index contributed by atoms with van der Waals surface area (Å²) in [5.74, 6) is -1.05. The number of para-hydroxylation sites is 1. The van der Waals surface area contributed by atoms with Crippen molar-refractivity contribution in [3.8, 4) is 0 Å². The van der Waals surface area contributed by atoms with Crippen LogP contribution in [0.15, 0.2) is 48.8 Å². The van der Waals surface area contributed by atoms with Gasteiger partial charge in [-0.05, 0) is 25.1 Å². The van der Waals surface area contributed by atoms with Crippen molar-refractivity contribution in [1.82, 2.24) is 4.98 Å². The van der Waals surface area contributed by atoms with Gasteiger partial charge >= 0.3 is 0 Å². The minimum atomic E-state index is -1.23. The molecule has 0 aliphatic rings. The molecule has 0 aliphatic heterocycles. The van der Waals surface area contributed by atoms with Gasteiger partial charge in [-0.3, -0.25) is 9.78 Å². The number of hydrogen-bond acceptors (Lipinski definition) is 3. The number of carbonyl (C=O) groups is 1. The van der Waals surface area contributed by atoms with E-state index in [4.69, 9.17) is 5.73 Å². The molecule has 0 saturated heterocycles. The molecule has 1 heterocycles. The number of primary amides is 1. The molecule has 4 nitrogen and oxygen atoms in total. The summed E-state index contributed by atoms with van der Waals surface area (Å²) >= 11 is 0. The summed E-state index contributed by atoms with van der Waals surface area (Å²) < 4.78 is 13.7. The van der Waals surface area contributed by atoms with Crippen LogP contribution in [-0.2, 0) is 10.3 Å². The van der Waals surface area contributed by atoms with Gasteiger partial charge in [-0.2, -0.15) is 0 Å². The van der Waals surface area contributed by atoms with Crippen molar-refractivity contribution in [1.29, 1.82) is 0 Å². The fourth-order valence-electron chi connectivity index (χ4n) is 1.77. The van der Waals surface area contributed by atoms with Crippen LogP contribution in [0.2, 0.25) is 0 Å². The molecule has 19 heavy (non-hydrogen) atoms. The summed E-state index contributed by atoms with van der Waals surface area (Å²) in [6.07, 6.45) is 3.12. The second kappa shape index (κ2) is 5.06.